The second-order valence-electron chi connectivity index (χ2n) is 6.70. The summed E-state index contributed by atoms with van der Waals surface area (Å²) in [6, 6.07) is 8.38. The molecule has 22 heavy (non-hydrogen) atoms. The van der Waals surface area contributed by atoms with Crippen LogP contribution in [0.2, 0.25) is 5.02 Å². The van der Waals surface area contributed by atoms with Crippen molar-refractivity contribution in [3.63, 3.8) is 0 Å². The highest BCUT2D eigenvalue weighted by Crippen LogP contribution is 2.25. The Morgan fingerprint density at radius 1 is 1.00 bits per heavy atom. The number of hydrogen-bond donors (Lipinski definition) is 1. The van der Waals surface area contributed by atoms with Crippen molar-refractivity contribution in [3.8, 4) is 0 Å². The lowest BCUT2D eigenvalue weighted by atomic mass is 10.1. The van der Waals surface area contributed by atoms with E-state index in [-0.39, 0.29) is 0 Å². The van der Waals surface area contributed by atoms with Crippen molar-refractivity contribution in [1.82, 2.24) is 9.80 Å². The number of nitrogens with zero attached hydrogens (tertiary/aromatic N) is 2. The van der Waals surface area contributed by atoms with Gasteiger partial charge in [-0.15, -0.1) is 0 Å². The van der Waals surface area contributed by atoms with E-state index in [1.165, 1.54) is 38.6 Å². The number of hydrogen-bond acceptors (Lipinski definition) is 3. The second kappa shape index (κ2) is 7.78. The van der Waals surface area contributed by atoms with Gasteiger partial charge in [0.05, 0.1) is 6.10 Å². The maximum atomic E-state index is 10.4. The summed E-state index contributed by atoms with van der Waals surface area (Å²) in [5, 5.41) is 11.2. The largest absolute Gasteiger partial charge is 0.387 e. The number of halogens is 1. The molecule has 122 valence electrons. The minimum atomic E-state index is -0.421. The lowest BCUT2D eigenvalue weighted by molar-refractivity contribution is 0.113. The van der Waals surface area contributed by atoms with Crippen molar-refractivity contribution in [2.45, 2.75) is 44.2 Å². The van der Waals surface area contributed by atoms with Crippen molar-refractivity contribution in [2.24, 2.45) is 0 Å². The summed E-state index contributed by atoms with van der Waals surface area (Å²) in [4.78, 5) is 5.09. The topological polar surface area (TPSA) is 26.7 Å². The van der Waals surface area contributed by atoms with Crippen LogP contribution >= 0.6 is 11.6 Å². The minimum absolute atomic E-state index is 0.421. The number of aliphatic hydroxyl groups excluding tert-OH is 1. The molecule has 3 nitrogen and oxygen atoms in total. The third-order valence-corrected chi connectivity index (χ3v) is 5.40. The molecule has 1 N–H and O–H groups in total. The van der Waals surface area contributed by atoms with Crippen LogP contribution in [-0.4, -0.2) is 53.7 Å². The predicted octanol–water partition coefficient (Wildman–Crippen LogP) is 3.32. The van der Waals surface area contributed by atoms with Gasteiger partial charge in [0.1, 0.15) is 0 Å². The van der Waals surface area contributed by atoms with Crippen molar-refractivity contribution in [2.75, 3.05) is 32.7 Å². The Balaban J connectivity index is 1.51. The first-order valence-corrected chi connectivity index (χ1v) is 9.00. The molecule has 0 aromatic heterocycles. The molecule has 0 spiro atoms. The first-order chi connectivity index (χ1) is 10.7. The van der Waals surface area contributed by atoms with Gasteiger partial charge >= 0.3 is 0 Å². The highest BCUT2D eigenvalue weighted by atomic mass is 35.5. The molecule has 1 saturated carbocycles. The molecule has 1 aromatic carbocycles. The monoisotopic (exact) mass is 322 g/mol. The lowest BCUT2D eigenvalue weighted by Gasteiger charge is -2.27. The van der Waals surface area contributed by atoms with Crippen LogP contribution in [0, 0.1) is 0 Å². The molecule has 3 rings (SSSR count). The number of benzene rings is 1. The normalized spacial score (nSPS) is 23.5. The molecule has 1 heterocycles. The number of β-amino-alcohol motifs (C(OH)–C–C–N with tert-alkyl or cyclic N) is 1. The van der Waals surface area contributed by atoms with Crippen LogP contribution in [0.25, 0.3) is 0 Å². The van der Waals surface area contributed by atoms with Gasteiger partial charge < -0.3 is 5.11 Å². The molecule has 1 atom stereocenters. The van der Waals surface area contributed by atoms with Crippen molar-refractivity contribution < 1.29 is 5.11 Å². The summed E-state index contributed by atoms with van der Waals surface area (Å²) >= 11 is 5.91. The molecule has 4 heteroatoms. The van der Waals surface area contributed by atoms with E-state index in [0.29, 0.717) is 0 Å². The molecule has 0 amide bonds. The maximum absolute atomic E-state index is 10.4. The van der Waals surface area contributed by atoms with Crippen LogP contribution in [0.15, 0.2) is 24.3 Å². The molecule has 1 aromatic rings. The Hall–Kier alpha value is -0.610. The molecule has 1 aliphatic carbocycles. The second-order valence-corrected chi connectivity index (χ2v) is 7.13. The quantitative estimate of drug-likeness (QED) is 0.921. The van der Waals surface area contributed by atoms with E-state index in [4.69, 9.17) is 11.6 Å². The van der Waals surface area contributed by atoms with E-state index in [2.05, 4.69) is 9.80 Å². The first-order valence-electron chi connectivity index (χ1n) is 8.62. The SMILES string of the molecule is OC(CN1CCCN(C2CCCC2)CC1)c1ccc(Cl)cc1. The summed E-state index contributed by atoms with van der Waals surface area (Å²) in [6.45, 7) is 5.26. The van der Waals surface area contributed by atoms with E-state index in [1.54, 1.807) is 0 Å². The van der Waals surface area contributed by atoms with Crippen molar-refractivity contribution in [3.05, 3.63) is 34.9 Å². The lowest BCUT2D eigenvalue weighted by Crippen LogP contribution is -2.37. The van der Waals surface area contributed by atoms with Crippen molar-refractivity contribution >= 4 is 11.6 Å². The van der Waals surface area contributed by atoms with E-state index < -0.39 is 6.10 Å². The van der Waals surface area contributed by atoms with Crippen molar-refractivity contribution in [1.29, 1.82) is 0 Å². The van der Waals surface area contributed by atoms with Gasteiger partial charge in [-0.1, -0.05) is 36.6 Å². The van der Waals surface area contributed by atoms with E-state index >= 15 is 0 Å². The van der Waals surface area contributed by atoms with Gasteiger partial charge in [-0.05, 0) is 50.0 Å². The van der Waals surface area contributed by atoms with Gasteiger partial charge in [-0.2, -0.15) is 0 Å². The summed E-state index contributed by atoms with van der Waals surface area (Å²) in [7, 11) is 0. The summed E-state index contributed by atoms with van der Waals surface area (Å²) in [5.74, 6) is 0. The van der Waals surface area contributed by atoms with Crippen LogP contribution < -0.4 is 0 Å². The third kappa shape index (κ3) is 4.23. The molecule has 1 aliphatic heterocycles. The van der Waals surface area contributed by atoms with Gasteiger partial charge in [0.2, 0.25) is 0 Å². The average Bonchev–Trinajstić information content (AvgIpc) is 2.96. The Bertz CT molecular complexity index is 459. The Kier molecular flexibility index (Phi) is 5.75. The zero-order valence-electron chi connectivity index (χ0n) is 13.3. The highest BCUT2D eigenvalue weighted by Gasteiger charge is 2.25. The third-order valence-electron chi connectivity index (χ3n) is 5.15. The molecular weight excluding hydrogens is 296 g/mol. The molecule has 0 radical (unpaired) electrons. The zero-order chi connectivity index (χ0) is 15.4. The Morgan fingerprint density at radius 3 is 2.45 bits per heavy atom. The highest BCUT2D eigenvalue weighted by molar-refractivity contribution is 6.30. The van der Waals surface area contributed by atoms with Crippen LogP contribution in [0.3, 0.4) is 0 Å². The van der Waals surface area contributed by atoms with E-state index in [1.807, 2.05) is 24.3 Å². The fourth-order valence-corrected chi connectivity index (χ4v) is 3.97. The maximum Gasteiger partial charge on any atom is 0.0916 e. The summed E-state index contributed by atoms with van der Waals surface area (Å²) in [5.41, 5.74) is 0.960. The molecule has 1 saturated heterocycles. The molecule has 2 fully saturated rings. The Morgan fingerprint density at radius 2 is 1.73 bits per heavy atom. The van der Waals surface area contributed by atoms with Crippen LogP contribution in [-0.2, 0) is 0 Å². The van der Waals surface area contributed by atoms with Gasteiger partial charge in [0, 0.05) is 30.7 Å². The van der Waals surface area contributed by atoms with Crippen LogP contribution in [0.1, 0.15) is 43.8 Å². The molecular formula is C18H27ClN2O. The fraction of sp³-hybridized carbons (Fsp3) is 0.667. The average molecular weight is 323 g/mol. The summed E-state index contributed by atoms with van der Waals surface area (Å²) in [6.07, 6.45) is 6.36. The zero-order valence-corrected chi connectivity index (χ0v) is 14.0. The number of rotatable bonds is 4. The Labute approximate surface area is 138 Å². The first kappa shape index (κ1) is 16.3. The molecule has 0 bridgehead atoms. The standard InChI is InChI=1S/C18H27ClN2O/c19-16-8-6-15(7-9-16)18(22)14-20-10-3-11-21(13-12-20)17-4-1-2-5-17/h6-9,17-18,22H,1-5,10-14H2. The van der Waals surface area contributed by atoms with E-state index in [0.717, 1.165) is 42.8 Å². The summed E-state index contributed by atoms with van der Waals surface area (Å²) < 4.78 is 0. The van der Waals surface area contributed by atoms with Crippen LogP contribution in [0.5, 0.6) is 0 Å². The van der Waals surface area contributed by atoms with Crippen LogP contribution in [0.4, 0.5) is 0 Å². The minimum Gasteiger partial charge on any atom is -0.387 e. The van der Waals surface area contributed by atoms with Gasteiger partial charge in [0.25, 0.3) is 0 Å². The smallest absolute Gasteiger partial charge is 0.0916 e. The van der Waals surface area contributed by atoms with Gasteiger partial charge in [-0.3, -0.25) is 9.80 Å². The number of aliphatic hydroxyl groups is 1. The van der Waals surface area contributed by atoms with E-state index in [9.17, 15) is 5.11 Å². The molecule has 1 unspecified atom stereocenters. The molecule has 2 aliphatic rings. The van der Waals surface area contributed by atoms with Gasteiger partial charge in [0.15, 0.2) is 0 Å². The predicted molar refractivity (Wildman–Crippen MR) is 91.3 cm³/mol. The van der Waals surface area contributed by atoms with Gasteiger partial charge in [-0.25, -0.2) is 0 Å². The fourth-order valence-electron chi connectivity index (χ4n) is 3.84.